The summed E-state index contributed by atoms with van der Waals surface area (Å²) in [6, 6.07) is 0.626. The van der Waals surface area contributed by atoms with Crippen LogP contribution in [0.4, 0.5) is 0 Å². The quantitative estimate of drug-likeness (QED) is 0.869. The van der Waals surface area contributed by atoms with Gasteiger partial charge in [0.05, 0.1) is 5.01 Å². The van der Waals surface area contributed by atoms with Gasteiger partial charge in [-0.25, -0.2) is 4.98 Å². The van der Waals surface area contributed by atoms with Gasteiger partial charge in [-0.2, -0.15) is 0 Å². The third-order valence-corrected chi connectivity index (χ3v) is 5.41. The predicted octanol–water partition coefficient (Wildman–Crippen LogP) is 2.96. The number of hydrogen-bond donors (Lipinski definition) is 1. The number of rotatable bonds is 6. The Balaban J connectivity index is 1.71. The fourth-order valence-electron chi connectivity index (χ4n) is 2.86. The number of likely N-dealkylation sites (tertiary alicyclic amines) is 1. The second-order valence-corrected chi connectivity index (χ2v) is 6.67. The van der Waals surface area contributed by atoms with Gasteiger partial charge in [-0.1, -0.05) is 13.8 Å². The van der Waals surface area contributed by atoms with Crippen LogP contribution in [0.3, 0.4) is 0 Å². The molecule has 19 heavy (non-hydrogen) atoms. The number of piperidine rings is 1. The Morgan fingerprint density at radius 1 is 1.42 bits per heavy atom. The smallest absolute Gasteiger partial charge is 0.0965 e. The van der Waals surface area contributed by atoms with Gasteiger partial charge in [0.25, 0.3) is 0 Å². The zero-order chi connectivity index (χ0) is 13.7. The first-order valence-corrected chi connectivity index (χ1v) is 8.43. The molecule has 1 aliphatic heterocycles. The van der Waals surface area contributed by atoms with Crippen LogP contribution in [-0.4, -0.2) is 42.1 Å². The van der Waals surface area contributed by atoms with Gasteiger partial charge in [-0.15, -0.1) is 11.3 Å². The minimum Gasteiger partial charge on any atom is -0.313 e. The maximum absolute atomic E-state index is 4.40. The molecule has 4 heteroatoms. The number of hydrogen-bond acceptors (Lipinski definition) is 4. The number of nitrogens with zero attached hydrogens (tertiary/aromatic N) is 2. The van der Waals surface area contributed by atoms with Crippen molar-refractivity contribution in [2.24, 2.45) is 5.92 Å². The van der Waals surface area contributed by atoms with Gasteiger partial charge in [-0.3, -0.25) is 0 Å². The van der Waals surface area contributed by atoms with Crippen LogP contribution in [-0.2, 0) is 0 Å². The number of thiazole rings is 1. The molecule has 0 bridgehead atoms. The molecule has 1 fully saturated rings. The standard InChI is InChI=1S/C15H27N3S/c1-4-18-8-5-14(6-9-18)13(3)17-11-12(2)15-16-7-10-19-15/h7,10,12-14,17H,4-6,8-9,11H2,1-3H3. The highest BCUT2D eigenvalue weighted by molar-refractivity contribution is 7.09. The summed E-state index contributed by atoms with van der Waals surface area (Å²) in [5, 5.41) is 7.04. The Bertz CT molecular complexity index is 344. The Morgan fingerprint density at radius 2 is 2.16 bits per heavy atom. The Labute approximate surface area is 121 Å². The van der Waals surface area contributed by atoms with Crippen molar-refractivity contribution in [1.82, 2.24) is 15.2 Å². The summed E-state index contributed by atoms with van der Waals surface area (Å²) in [5.41, 5.74) is 0. The van der Waals surface area contributed by atoms with E-state index in [0.29, 0.717) is 12.0 Å². The summed E-state index contributed by atoms with van der Waals surface area (Å²) in [7, 11) is 0. The van der Waals surface area contributed by atoms with Crippen molar-refractivity contribution in [3.8, 4) is 0 Å². The molecule has 0 saturated carbocycles. The molecule has 2 unspecified atom stereocenters. The zero-order valence-corrected chi connectivity index (χ0v) is 13.2. The summed E-state index contributed by atoms with van der Waals surface area (Å²) in [6.45, 7) is 11.7. The Hall–Kier alpha value is -0.450. The lowest BCUT2D eigenvalue weighted by Crippen LogP contribution is -2.42. The highest BCUT2D eigenvalue weighted by Crippen LogP contribution is 2.22. The summed E-state index contributed by atoms with van der Waals surface area (Å²) in [4.78, 5) is 6.96. The minimum atomic E-state index is 0.526. The maximum Gasteiger partial charge on any atom is 0.0965 e. The third kappa shape index (κ3) is 4.26. The topological polar surface area (TPSA) is 28.2 Å². The minimum absolute atomic E-state index is 0.526. The molecule has 0 radical (unpaired) electrons. The molecule has 2 rings (SSSR count). The normalized spacial score (nSPS) is 21.4. The van der Waals surface area contributed by atoms with E-state index >= 15 is 0 Å². The van der Waals surface area contributed by atoms with Crippen molar-refractivity contribution in [2.75, 3.05) is 26.2 Å². The SMILES string of the molecule is CCN1CCC(C(C)NCC(C)c2nccs2)CC1. The van der Waals surface area contributed by atoms with Gasteiger partial charge in [0.2, 0.25) is 0 Å². The highest BCUT2D eigenvalue weighted by Gasteiger charge is 2.23. The fraction of sp³-hybridized carbons (Fsp3) is 0.800. The van der Waals surface area contributed by atoms with E-state index in [1.165, 1.54) is 37.5 Å². The lowest BCUT2D eigenvalue weighted by atomic mass is 9.90. The number of aromatic nitrogens is 1. The molecule has 2 heterocycles. The van der Waals surface area contributed by atoms with E-state index in [1.807, 2.05) is 6.20 Å². The van der Waals surface area contributed by atoms with E-state index in [1.54, 1.807) is 11.3 Å². The first-order valence-electron chi connectivity index (χ1n) is 7.55. The predicted molar refractivity (Wildman–Crippen MR) is 82.8 cm³/mol. The van der Waals surface area contributed by atoms with E-state index in [-0.39, 0.29) is 0 Å². The molecule has 0 aromatic carbocycles. The Morgan fingerprint density at radius 3 is 2.74 bits per heavy atom. The lowest BCUT2D eigenvalue weighted by Gasteiger charge is -2.34. The van der Waals surface area contributed by atoms with Gasteiger partial charge in [0.1, 0.15) is 0 Å². The van der Waals surface area contributed by atoms with Crippen LogP contribution >= 0.6 is 11.3 Å². The zero-order valence-electron chi connectivity index (χ0n) is 12.4. The summed E-state index contributed by atoms with van der Waals surface area (Å²) < 4.78 is 0. The Kier molecular flexibility index (Phi) is 5.79. The third-order valence-electron chi connectivity index (χ3n) is 4.41. The van der Waals surface area contributed by atoms with Crippen LogP contribution in [0.15, 0.2) is 11.6 Å². The van der Waals surface area contributed by atoms with Crippen molar-refractivity contribution in [3.63, 3.8) is 0 Å². The van der Waals surface area contributed by atoms with E-state index in [4.69, 9.17) is 0 Å². The van der Waals surface area contributed by atoms with Gasteiger partial charge in [0.15, 0.2) is 0 Å². The summed E-state index contributed by atoms with van der Waals surface area (Å²) in [5.74, 6) is 1.37. The van der Waals surface area contributed by atoms with Crippen molar-refractivity contribution in [3.05, 3.63) is 16.6 Å². The molecule has 0 spiro atoms. The first-order chi connectivity index (χ1) is 9.20. The van der Waals surface area contributed by atoms with Crippen LogP contribution < -0.4 is 5.32 Å². The summed E-state index contributed by atoms with van der Waals surface area (Å²) in [6.07, 6.45) is 4.58. The molecule has 2 atom stereocenters. The van der Waals surface area contributed by atoms with Crippen molar-refractivity contribution in [2.45, 2.75) is 45.6 Å². The van der Waals surface area contributed by atoms with E-state index in [9.17, 15) is 0 Å². The van der Waals surface area contributed by atoms with Gasteiger partial charge >= 0.3 is 0 Å². The van der Waals surface area contributed by atoms with Crippen LogP contribution in [0.5, 0.6) is 0 Å². The van der Waals surface area contributed by atoms with E-state index in [2.05, 4.69) is 41.4 Å². The fourth-order valence-corrected chi connectivity index (χ4v) is 3.56. The van der Waals surface area contributed by atoms with Gasteiger partial charge in [0, 0.05) is 30.1 Å². The van der Waals surface area contributed by atoms with Crippen molar-refractivity contribution < 1.29 is 0 Å². The van der Waals surface area contributed by atoms with Crippen LogP contribution in [0.1, 0.15) is 44.5 Å². The molecular formula is C15H27N3S. The number of nitrogens with one attached hydrogen (secondary N) is 1. The average Bonchev–Trinajstić information content (AvgIpc) is 2.98. The molecule has 0 aliphatic carbocycles. The molecule has 0 amide bonds. The van der Waals surface area contributed by atoms with Crippen LogP contribution in [0.25, 0.3) is 0 Å². The lowest BCUT2D eigenvalue weighted by molar-refractivity contribution is 0.168. The molecular weight excluding hydrogens is 254 g/mol. The second-order valence-electron chi connectivity index (χ2n) is 5.74. The van der Waals surface area contributed by atoms with Gasteiger partial charge in [-0.05, 0) is 45.3 Å². The average molecular weight is 281 g/mol. The van der Waals surface area contributed by atoms with Crippen LogP contribution in [0, 0.1) is 5.92 Å². The first kappa shape index (κ1) is 14.9. The molecule has 108 valence electrons. The van der Waals surface area contributed by atoms with E-state index < -0.39 is 0 Å². The van der Waals surface area contributed by atoms with Gasteiger partial charge < -0.3 is 10.2 Å². The molecule has 1 aromatic heterocycles. The maximum atomic E-state index is 4.40. The van der Waals surface area contributed by atoms with Crippen molar-refractivity contribution in [1.29, 1.82) is 0 Å². The van der Waals surface area contributed by atoms with Crippen LogP contribution in [0.2, 0.25) is 0 Å². The second kappa shape index (κ2) is 7.36. The highest BCUT2D eigenvalue weighted by atomic mass is 32.1. The molecule has 1 saturated heterocycles. The monoisotopic (exact) mass is 281 g/mol. The molecule has 3 nitrogen and oxygen atoms in total. The van der Waals surface area contributed by atoms with Crippen molar-refractivity contribution >= 4 is 11.3 Å². The molecule has 1 aliphatic rings. The molecule has 1 N–H and O–H groups in total. The summed E-state index contributed by atoms with van der Waals surface area (Å²) >= 11 is 1.76. The molecule has 1 aromatic rings. The largest absolute Gasteiger partial charge is 0.313 e. The van der Waals surface area contributed by atoms with E-state index in [0.717, 1.165) is 12.5 Å².